The van der Waals surface area contributed by atoms with Crippen LogP contribution < -0.4 is 0 Å². The molecule has 0 saturated carbocycles. The summed E-state index contributed by atoms with van der Waals surface area (Å²) in [5.41, 5.74) is 0.295. The Bertz CT molecular complexity index is 490. The van der Waals surface area contributed by atoms with E-state index >= 15 is 0 Å². The summed E-state index contributed by atoms with van der Waals surface area (Å²) < 4.78 is 0. The van der Waals surface area contributed by atoms with E-state index in [1.165, 1.54) is 17.4 Å². The first-order valence-corrected chi connectivity index (χ1v) is 5.83. The first-order valence-electron chi connectivity index (χ1n) is 4.57. The molecule has 1 aliphatic heterocycles. The van der Waals surface area contributed by atoms with Gasteiger partial charge in [-0.15, -0.1) is 17.9 Å². The number of carbonyl (C=O) groups excluding carboxylic acids is 2. The predicted molar refractivity (Wildman–Crippen MR) is 64.0 cm³/mol. The fourth-order valence-electron chi connectivity index (χ4n) is 1.48. The molecule has 2 heterocycles. The maximum atomic E-state index is 11.9. The highest BCUT2D eigenvalue weighted by molar-refractivity contribution is 7.11. The Kier molecular flexibility index (Phi) is 2.94. The van der Waals surface area contributed by atoms with Crippen LogP contribution in [0.5, 0.6) is 0 Å². The zero-order valence-corrected chi connectivity index (χ0v) is 9.85. The molecule has 16 heavy (non-hydrogen) atoms. The van der Waals surface area contributed by atoms with Gasteiger partial charge in [-0.2, -0.15) is 0 Å². The van der Waals surface area contributed by atoms with Crippen molar-refractivity contribution in [3.8, 4) is 0 Å². The van der Waals surface area contributed by atoms with E-state index in [0.717, 1.165) is 9.78 Å². The Morgan fingerprint density at radius 2 is 2.19 bits per heavy atom. The summed E-state index contributed by atoms with van der Waals surface area (Å²) in [7, 11) is 0. The topological polar surface area (TPSA) is 37.4 Å². The van der Waals surface area contributed by atoms with E-state index in [-0.39, 0.29) is 17.5 Å². The highest BCUT2D eigenvalue weighted by atomic mass is 35.5. The van der Waals surface area contributed by atoms with Gasteiger partial charge < -0.3 is 0 Å². The van der Waals surface area contributed by atoms with Gasteiger partial charge in [-0.3, -0.25) is 14.5 Å². The Hall–Kier alpha value is -1.39. The first-order chi connectivity index (χ1) is 7.66. The lowest BCUT2D eigenvalue weighted by Crippen LogP contribution is -2.31. The molecule has 0 saturated heterocycles. The average Bonchev–Trinajstić information content (AvgIpc) is 2.83. The average molecular weight is 254 g/mol. The second-order valence-corrected chi connectivity index (χ2v) is 4.50. The van der Waals surface area contributed by atoms with Crippen LogP contribution in [0.15, 0.2) is 35.2 Å². The lowest BCUT2D eigenvalue weighted by molar-refractivity contribution is -0.135. The molecule has 3 nitrogen and oxygen atoms in total. The number of rotatable bonds is 3. The van der Waals surface area contributed by atoms with Crippen molar-refractivity contribution < 1.29 is 9.59 Å². The summed E-state index contributed by atoms with van der Waals surface area (Å²) >= 11 is 7.27. The van der Waals surface area contributed by atoms with Crippen LogP contribution in [0, 0.1) is 0 Å². The fraction of sp³-hybridized carbons (Fsp3) is 0.0909. The maximum Gasteiger partial charge on any atom is 0.273 e. The largest absolute Gasteiger partial charge is 0.273 e. The number of carbonyl (C=O) groups is 2. The summed E-state index contributed by atoms with van der Waals surface area (Å²) in [5.74, 6) is -0.799. The summed E-state index contributed by atoms with van der Waals surface area (Å²) in [6, 6.07) is 3.58. The summed E-state index contributed by atoms with van der Waals surface area (Å²) in [6.07, 6.45) is 1.50. The van der Waals surface area contributed by atoms with Gasteiger partial charge in [0.1, 0.15) is 5.03 Å². The third-order valence-corrected chi connectivity index (χ3v) is 3.43. The highest BCUT2D eigenvalue weighted by Crippen LogP contribution is 2.33. The second kappa shape index (κ2) is 4.23. The van der Waals surface area contributed by atoms with Crippen LogP contribution >= 0.6 is 22.9 Å². The number of amides is 2. The standard InChI is InChI=1S/C11H8ClNO2S/c1-2-5-13-10(14)8(9(12)11(13)15)7-4-3-6-16-7/h2-4,6H,1,5H2. The van der Waals surface area contributed by atoms with Crippen molar-refractivity contribution in [2.45, 2.75) is 0 Å². The lowest BCUT2D eigenvalue weighted by atomic mass is 10.2. The van der Waals surface area contributed by atoms with Crippen LogP contribution in [-0.2, 0) is 9.59 Å². The fourth-order valence-corrected chi connectivity index (χ4v) is 2.58. The van der Waals surface area contributed by atoms with Crippen molar-refractivity contribution in [2.24, 2.45) is 0 Å². The van der Waals surface area contributed by atoms with Crippen LogP contribution in [0.3, 0.4) is 0 Å². The summed E-state index contributed by atoms with van der Waals surface area (Å²) in [6.45, 7) is 3.68. The molecule has 82 valence electrons. The number of hydrogen-bond acceptors (Lipinski definition) is 3. The van der Waals surface area contributed by atoms with Gasteiger partial charge in [0.05, 0.1) is 5.57 Å². The third-order valence-electron chi connectivity index (χ3n) is 2.19. The Morgan fingerprint density at radius 3 is 2.75 bits per heavy atom. The molecule has 0 unspecified atom stereocenters. The molecule has 5 heteroatoms. The molecular weight excluding hydrogens is 246 g/mol. The van der Waals surface area contributed by atoms with Crippen LogP contribution in [0.25, 0.3) is 5.57 Å². The van der Waals surface area contributed by atoms with Crippen LogP contribution in [0.2, 0.25) is 0 Å². The molecule has 1 aliphatic rings. The van der Waals surface area contributed by atoms with E-state index in [1.807, 2.05) is 11.4 Å². The van der Waals surface area contributed by atoms with E-state index in [4.69, 9.17) is 11.6 Å². The Balaban J connectivity index is 2.43. The third kappa shape index (κ3) is 1.60. The van der Waals surface area contributed by atoms with E-state index in [9.17, 15) is 9.59 Å². The molecule has 2 rings (SSSR count). The van der Waals surface area contributed by atoms with Crippen molar-refractivity contribution >= 4 is 40.3 Å². The molecule has 0 N–H and O–H groups in total. The molecule has 1 aromatic rings. The Morgan fingerprint density at radius 1 is 1.44 bits per heavy atom. The van der Waals surface area contributed by atoms with Gasteiger partial charge in [-0.25, -0.2) is 0 Å². The van der Waals surface area contributed by atoms with Crippen molar-refractivity contribution in [3.05, 3.63) is 40.1 Å². The molecule has 0 bridgehead atoms. The number of hydrogen-bond donors (Lipinski definition) is 0. The van der Waals surface area contributed by atoms with Gasteiger partial charge in [0.25, 0.3) is 11.8 Å². The highest BCUT2D eigenvalue weighted by Gasteiger charge is 2.37. The van der Waals surface area contributed by atoms with E-state index < -0.39 is 5.91 Å². The molecule has 1 aromatic heterocycles. The minimum absolute atomic E-state index is 0.00528. The zero-order chi connectivity index (χ0) is 11.7. The Labute approximate surface area is 102 Å². The maximum absolute atomic E-state index is 11.9. The zero-order valence-electron chi connectivity index (χ0n) is 8.27. The molecule has 0 atom stereocenters. The van der Waals surface area contributed by atoms with E-state index in [2.05, 4.69) is 6.58 Å². The molecule has 0 aromatic carbocycles. The molecule has 2 amide bonds. The van der Waals surface area contributed by atoms with E-state index in [0.29, 0.717) is 5.57 Å². The quantitative estimate of drug-likeness (QED) is 0.612. The first kappa shape index (κ1) is 11.1. The molecule has 0 aliphatic carbocycles. The normalized spacial score (nSPS) is 16.2. The van der Waals surface area contributed by atoms with Gasteiger partial charge in [0.15, 0.2) is 0 Å². The molecule has 0 spiro atoms. The van der Waals surface area contributed by atoms with Gasteiger partial charge in [-0.05, 0) is 11.4 Å². The van der Waals surface area contributed by atoms with Crippen LogP contribution in [0.4, 0.5) is 0 Å². The van der Waals surface area contributed by atoms with Crippen molar-refractivity contribution in [3.63, 3.8) is 0 Å². The number of imide groups is 1. The minimum atomic E-state index is -0.449. The number of halogens is 1. The predicted octanol–water partition coefficient (Wildman–Crippen LogP) is 2.25. The summed E-state index contributed by atoms with van der Waals surface area (Å²) in [5, 5.41) is 1.83. The van der Waals surface area contributed by atoms with Crippen molar-refractivity contribution in [2.75, 3.05) is 6.54 Å². The van der Waals surface area contributed by atoms with Gasteiger partial charge >= 0.3 is 0 Å². The van der Waals surface area contributed by atoms with Gasteiger partial charge in [-0.1, -0.05) is 23.7 Å². The van der Waals surface area contributed by atoms with Crippen LogP contribution in [-0.4, -0.2) is 23.3 Å². The van der Waals surface area contributed by atoms with Crippen molar-refractivity contribution in [1.82, 2.24) is 4.90 Å². The van der Waals surface area contributed by atoms with Gasteiger partial charge in [0, 0.05) is 11.4 Å². The van der Waals surface area contributed by atoms with E-state index in [1.54, 1.807) is 6.07 Å². The smallest absolute Gasteiger partial charge is 0.270 e. The van der Waals surface area contributed by atoms with Crippen molar-refractivity contribution in [1.29, 1.82) is 0 Å². The number of thiophene rings is 1. The SMILES string of the molecule is C=CCN1C(=O)C(Cl)=C(c2cccs2)C1=O. The monoisotopic (exact) mass is 253 g/mol. The van der Waals surface area contributed by atoms with Crippen LogP contribution in [0.1, 0.15) is 4.88 Å². The number of nitrogens with zero attached hydrogens (tertiary/aromatic N) is 1. The summed E-state index contributed by atoms with van der Waals surface area (Å²) in [4.78, 5) is 25.4. The molecule has 0 fully saturated rings. The molecule has 0 radical (unpaired) electrons. The van der Waals surface area contributed by atoms with Gasteiger partial charge in [0.2, 0.25) is 0 Å². The second-order valence-electron chi connectivity index (χ2n) is 3.18. The minimum Gasteiger partial charge on any atom is -0.270 e. The lowest BCUT2D eigenvalue weighted by Gasteiger charge is -2.10. The molecular formula is C11H8ClNO2S.